The van der Waals surface area contributed by atoms with E-state index in [1.165, 1.54) is 18.4 Å². The molecule has 0 bridgehead atoms. The fraction of sp³-hybridized carbons (Fsp3) is 0.229. The maximum atomic E-state index is 13.7. The molecule has 1 saturated heterocycles. The number of carbonyl (C=O) groups is 3. The smallest absolute Gasteiger partial charge is 0.335 e. The van der Waals surface area contributed by atoms with Gasteiger partial charge in [-0.2, -0.15) is 0 Å². The third kappa shape index (κ3) is 8.06. The topological polar surface area (TPSA) is 111 Å². The summed E-state index contributed by atoms with van der Waals surface area (Å²) >= 11 is 1.43. The zero-order valence-corrected chi connectivity index (χ0v) is 25.5. The quantitative estimate of drug-likeness (QED) is 0.137. The fourth-order valence-electron chi connectivity index (χ4n) is 5.25. The van der Waals surface area contributed by atoms with Gasteiger partial charge in [0.05, 0.1) is 16.8 Å². The largest absolute Gasteiger partial charge is 0.478 e. The molecule has 0 radical (unpaired) electrons. The van der Waals surface area contributed by atoms with Gasteiger partial charge >= 0.3 is 5.97 Å². The van der Waals surface area contributed by atoms with Crippen molar-refractivity contribution in [3.63, 3.8) is 0 Å². The minimum Gasteiger partial charge on any atom is -0.478 e. The third-order valence-corrected chi connectivity index (χ3v) is 8.34. The van der Waals surface area contributed by atoms with Crippen LogP contribution < -0.4 is 20.3 Å². The predicted octanol–water partition coefficient (Wildman–Crippen LogP) is 6.89. The Morgan fingerprint density at radius 2 is 1.43 bits per heavy atom. The second kappa shape index (κ2) is 14.7. The molecule has 0 aromatic heterocycles. The molecule has 8 nitrogen and oxygen atoms in total. The molecule has 1 aliphatic rings. The molecule has 2 amide bonds. The Labute approximate surface area is 262 Å². The van der Waals surface area contributed by atoms with Crippen LogP contribution in [0.3, 0.4) is 0 Å². The Bertz CT molecular complexity index is 1620. The monoisotopic (exact) mass is 608 g/mol. The van der Waals surface area contributed by atoms with E-state index in [1.807, 2.05) is 79.8 Å². The van der Waals surface area contributed by atoms with Crippen molar-refractivity contribution >= 4 is 46.8 Å². The van der Waals surface area contributed by atoms with Crippen LogP contribution >= 0.6 is 11.9 Å². The minimum atomic E-state index is -0.934. The molecule has 0 aliphatic carbocycles. The second-order valence-electron chi connectivity index (χ2n) is 10.7. The van der Waals surface area contributed by atoms with Gasteiger partial charge in [-0.1, -0.05) is 30.3 Å². The molecule has 0 saturated carbocycles. The Kier molecular flexibility index (Phi) is 10.3. The summed E-state index contributed by atoms with van der Waals surface area (Å²) in [6.45, 7) is 1.88. The first-order valence-corrected chi connectivity index (χ1v) is 15.6. The summed E-state index contributed by atoms with van der Waals surface area (Å²) in [6.07, 6.45) is 4.98. The summed E-state index contributed by atoms with van der Waals surface area (Å²) in [6, 6.07) is 27.6. The average molecular weight is 609 g/mol. The van der Waals surface area contributed by atoms with Crippen molar-refractivity contribution in [3.8, 4) is 0 Å². The number of aromatic carboxylic acids is 1. The molecule has 4 aromatic rings. The van der Waals surface area contributed by atoms with Crippen LogP contribution in [-0.4, -0.2) is 43.0 Å². The van der Waals surface area contributed by atoms with Gasteiger partial charge in [-0.3, -0.25) is 14.3 Å². The van der Waals surface area contributed by atoms with Gasteiger partial charge in [-0.25, -0.2) is 4.79 Å². The summed E-state index contributed by atoms with van der Waals surface area (Å²) in [5, 5.41) is 15.1. The highest BCUT2D eigenvalue weighted by atomic mass is 32.2. The molecular formula is C35H36N4O4S. The van der Waals surface area contributed by atoms with Gasteiger partial charge < -0.3 is 20.6 Å². The highest BCUT2D eigenvalue weighted by Gasteiger charge is 2.19. The van der Waals surface area contributed by atoms with E-state index < -0.39 is 5.97 Å². The van der Waals surface area contributed by atoms with Gasteiger partial charge in [-0.05, 0) is 123 Å². The highest BCUT2D eigenvalue weighted by molar-refractivity contribution is 7.97. The number of rotatable bonds is 11. The van der Waals surface area contributed by atoms with Crippen molar-refractivity contribution in [2.24, 2.45) is 0 Å². The number of piperidine rings is 1. The van der Waals surface area contributed by atoms with Crippen molar-refractivity contribution in [2.75, 3.05) is 35.7 Å². The number of carboxylic acid groups (broad SMARTS) is 1. The summed E-state index contributed by atoms with van der Waals surface area (Å²) in [7, 11) is 1.82. The number of nitrogens with zero attached hydrogens (tertiary/aromatic N) is 1. The number of hydrogen-bond acceptors (Lipinski definition) is 6. The average Bonchev–Trinajstić information content (AvgIpc) is 3.05. The molecule has 226 valence electrons. The minimum absolute atomic E-state index is 0.274. The maximum Gasteiger partial charge on any atom is 0.335 e. The zero-order valence-electron chi connectivity index (χ0n) is 24.6. The van der Waals surface area contributed by atoms with Crippen LogP contribution in [0, 0.1) is 0 Å². The number of hydrogen-bond donors (Lipinski definition) is 4. The Balaban J connectivity index is 1.30. The van der Waals surface area contributed by atoms with E-state index in [2.05, 4.69) is 20.3 Å². The van der Waals surface area contributed by atoms with E-state index in [0.29, 0.717) is 22.5 Å². The first-order valence-electron chi connectivity index (χ1n) is 14.8. The van der Waals surface area contributed by atoms with Crippen LogP contribution in [0.25, 0.3) is 0 Å². The zero-order chi connectivity index (χ0) is 30.9. The number of carboxylic acids is 1. The number of aryl methyl sites for hydroxylation is 2. The SMILES string of the molecule is CNSc1cccc(C(=O)Nc2ccc(N3CCCCC3)cc2C(=O)Nc2ccc(CCc3ccc(C(=O)O)cc3)cc2)c1. The molecule has 0 atom stereocenters. The maximum absolute atomic E-state index is 13.7. The van der Waals surface area contributed by atoms with Gasteiger partial charge in [-0.15, -0.1) is 0 Å². The molecule has 1 aliphatic heterocycles. The number of nitrogens with one attached hydrogen (secondary N) is 3. The highest BCUT2D eigenvalue weighted by Crippen LogP contribution is 2.28. The van der Waals surface area contributed by atoms with Gasteiger partial charge in [0.15, 0.2) is 0 Å². The molecule has 0 unspecified atom stereocenters. The number of amides is 2. The first kappa shape index (κ1) is 30.8. The van der Waals surface area contributed by atoms with Crippen LogP contribution in [0.1, 0.15) is 61.5 Å². The Morgan fingerprint density at radius 3 is 2.09 bits per heavy atom. The van der Waals surface area contributed by atoms with Crippen molar-refractivity contribution in [2.45, 2.75) is 37.0 Å². The van der Waals surface area contributed by atoms with Crippen molar-refractivity contribution in [1.82, 2.24) is 4.72 Å². The van der Waals surface area contributed by atoms with Crippen LogP contribution in [-0.2, 0) is 12.8 Å². The number of anilines is 3. The summed E-state index contributed by atoms with van der Waals surface area (Å²) in [5.41, 5.74) is 5.41. The summed E-state index contributed by atoms with van der Waals surface area (Å²) < 4.78 is 3.02. The molecular weight excluding hydrogens is 572 g/mol. The van der Waals surface area contributed by atoms with Crippen molar-refractivity contribution < 1.29 is 19.5 Å². The van der Waals surface area contributed by atoms with E-state index in [1.54, 1.807) is 18.2 Å². The molecule has 4 aromatic carbocycles. The standard InChI is InChI=1S/C35H36N4O4S/c1-36-44-30-7-5-6-27(22-30)33(40)38-32-19-18-29(39-20-3-2-4-21-39)23-31(32)34(41)37-28-16-12-25(13-17-28)9-8-24-10-14-26(15-11-24)35(42)43/h5-7,10-19,22-23,36H,2-4,8-9,20-21H2,1H3,(H,37,41)(H,38,40)(H,42,43). The van der Waals surface area contributed by atoms with E-state index in [4.69, 9.17) is 5.11 Å². The molecule has 5 rings (SSSR count). The van der Waals surface area contributed by atoms with E-state index in [0.717, 1.165) is 60.5 Å². The van der Waals surface area contributed by atoms with Crippen LogP contribution in [0.15, 0.2) is 95.9 Å². The number of benzene rings is 4. The number of carbonyl (C=O) groups excluding carboxylic acids is 2. The Morgan fingerprint density at radius 1 is 0.750 bits per heavy atom. The van der Waals surface area contributed by atoms with Gasteiger partial charge in [0, 0.05) is 34.9 Å². The van der Waals surface area contributed by atoms with Crippen molar-refractivity contribution in [1.29, 1.82) is 0 Å². The molecule has 1 heterocycles. The second-order valence-corrected chi connectivity index (χ2v) is 11.8. The molecule has 9 heteroatoms. The van der Waals surface area contributed by atoms with Gasteiger partial charge in [0.1, 0.15) is 0 Å². The Hall–Kier alpha value is -4.60. The van der Waals surface area contributed by atoms with E-state index >= 15 is 0 Å². The third-order valence-electron chi connectivity index (χ3n) is 7.65. The van der Waals surface area contributed by atoms with Crippen LogP contribution in [0.4, 0.5) is 17.1 Å². The van der Waals surface area contributed by atoms with Crippen LogP contribution in [0.5, 0.6) is 0 Å². The lowest BCUT2D eigenvalue weighted by Gasteiger charge is -2.29. The van der Waals surface area contributed by atoms with E-state index in [-0.39, 0.29) is 17.4 Å². The van der Waals surface area contributed by atoms with E-state index in [9.17, 15) is 14.4 Å². The van der Waals surface area contributed by atoms with Gasteiger partial charge in [0.25, 0.3) is 11.8 Å². The molecule has 1 fully saturated rings. The lowest BCUT2D eigenvalue weighted by Crippen LogP contribution is -2.29. The lowest BCUT2D eigenvalue weighted by molar-refractivity contribution is 0.0696. The molecule has 44 heavy (non-hydrogen) atoms. The summed E-state index contributed by atoms with van der Waals surface area (Å²) in [5.74, 6) is -1.52. The fourth-order valence-corrected chi connectivity index (χ4v) is 5.82. The molecule has 0 spiro atoms. The predicted molar refractivity (Wildman–Crippen MR) is 177 cm³/mol. The molecule has 4 N–H and O–H groups in total. The normalized spacial score (nSPS) is 12.9. The van der Waals surface area contributed by atoms with Gasteiger partial charge in [0.2, 0.25) is 0 Å². The lowest BCUT2D eigenvalue weighted by atomic mass is 10.0. The summed E-state index contributed by atoms with van der Waals surface area (Å²) in [4.78, 5) is 41.2. The first-order chi connectivity index (χ1) is 21.4. The van der Waals surface area contributed by atoms with Crippen LogP contribution in [0.2, 0.25) is 0 Å². The van der Waals surface area contributed by atoms with Crippen molar-refractivity contribution in [3.05, 3.63) is 119 Å².